The van der Waals surface area contributed by atoms with Gasteiger partial charge in [-0.2, -0.15) is 0 Å². The van der Waals surface area contributed by atoms with Crippen LogP contribution < -0.4 is 16.9 Å². The summed E-state index contributed by atoms with van der Waals surface area (Å²) >= 11 is 2.75. The van der Waals surface area contributed by atoms with Gasteiger partial charge in [0, 0.05) is 0 Å². The van der Waals surface area contributed by atoms with Gasteiger partial charge in [0.1, 0.15) is 5.69 Å². The molecule has 0 fully saturated rings. The molecule has 0 radical (unpaired) electrons. The molecule has 1 aromatic heterocycles. The summed E-state index contributed by atoms with van der Waals surface area (Å²) in [6.07, 6.45) is 6.22. The van der Waals surface area contributed by atoms with Crippen LogP contribution in [-0.2, 0) is 38.7 Å². The van der Waals surface area contributed by atoms with Crippen molar-refractivity contribution in [2.75, 3.05) is 0 Å². The average molecular weight is 673 g/mol. The van der Waals surface area contributed by atoms with E-state index in [-0.39, 0.29) is 19.3 Å². The van der Waals surface area contributed by atoms with Gasteiger partial charge in [-0.25, -0.2) is 0 Å². The molecule has 10 heteroatoms. The predicted molar refractivity (Wildman–Crippen MR) is 95.0 cm³/mol. The van der Waals surface area contributed by atoms with Crippen molar-refractivity contribution in [3.63, 3.8) is 0 Å². The van der Waals surface area contributed by atoms with E-state index in [9.17, 15) is 0 Å². The first kappa shape index (κ1) is 27.2. The summed E-state index contributed by atoms with van der Waals surface area (Å²) in [5.41, 5.74) is 18.5. The van der Waals surface area contributed by atoms with Gasteiger partial charge in [0.25, 0.3) is 0 Å². The van der Waals surface area contributed by atoms with Gasteiger partial charge >= 0.3 is 106 Å². The topological polar surface area (TPSA) is 157 Å². The van der Waals surface area contributed by atoms with Crippen LogP contribution in [0.1, 0.15) is 18.8 Å². The zero-order chi connectivity index (χ0) is 18.3. The number of aromatic nitrogens is 2. The SMILES string of the molecule is C.Cc1cc(C)n(C(N)=[NH2+])n1.N=C(N)[N-]C=C[CH]=[W].[NH-]C=C[CH]=[W]. The molecule has 1 rings (SSSR count). The van der Waals surface area contributed by atoms with Crippen LogP contribution in [0.2, 0.25) is 0 Å². The van der Waals surface area contributed by atoms with Gasteiger partial charge in [-0.1, -0.05) is 7.43 Å². The van der Waals surface area contributed by atoms with E-state index in [0.717, 1.165) is 11.4 Å². The summed E-state index contributed by atoms with van der Waals surface area (Å²) < 4.78 is 5.30. The molecule has 0 amide bonds. The van der Waals surface area contributed by atoms with E-state index in [0.29, 0.717) is 0 Å². The Balaban J connectivity index is -0.000000286. The van der Waals surface area contributed by atoms with Gasteiger partial charge in [-0.15, -0.1) is 9.78 Å². The standard InChI is InChI=1S/C6H10N4.C4H6N3.C3H4N.CH4.2W/c1-4-3-5(2)10(9-4)6(7)8;1-2-3-7-4(5)6;1-2-3-4;;;/h3H,1-2H3,(H3,7,8);1-3H,(H3-,5,6,7);1-4H;1H4;;/q;2*-1;;;/p+1. The fourth-order valence-electron chi connectivity index (χ4n) is 1.09. The Labute approximate surface area is 165 Å². The normalized spacial score (nSPS) is 8.92. The van der Waals surface area contributed by atoms with Gasteiger partial charge in [0.15, 0.2) is 0 Å². The van der Waals surface area contributed by atoms with E-state index in [2.05, 4.69) is 10.4 Å². The quantitative estimate of drug-likeness (QED) is 0.265. The van der Waals surface area contributed by atoms with Crippen molar-refractivity contribution >= 4 is 20.7 Å². The van der Waals surface area contributed by atoms with Gasteiger partial charge in [-0.3, -0.25) is 11.1 Å². The van der Waals surface area contributed by atoms with Crippen LogP contribution in [0.5, 0.6) is 0 Å². The number of nitrogens with one attached hydrogen (secondary N) is 2. The monoisotopic (exact) mass is 673 g/mol. The molecule has 0 saturated heterocycles. The molecule has 1 heterocycles. The molecule has 0 atom stereocenters. The number of hydrogen-bond donors (Lipinski definition) is 4. The third kappa shape index (κ3) is 16.7. The molecule has 0 aliphatic rings. The Morgan fingerprint density at radius 2 is 1.88 bits per heavy atom. The number of guanidine groups is 1. The molecule has 0 aromatic carbocycles. The Hall–Kier alpha value is -1.65. The molecule has 0 saturated carbocycles. The van der Waals surface area contributed by atoms with Crippen molar-refractivity contribution in [3.8, 4) is 0 Å². The van der Waals surface area contributed by atoms with E-state index < -0.39 is 0 Å². The molecule has 0 aliphatic heterocycles. The molecular weight excluding hydrogens is 648 g/mol. The summed E-state index contributed by atoms with van der Waals surface area (Å²) in [6, 6.07) is 1.92. The zero-order valence-electron chi connectivity index (χ0n) is 12.9. The first-order valence-corrected chi connectivity index (χ1v) is 9.53. The Kier molecular flexibility index (Phi) is 20.1. The summed E-state index contributed by atoms with van der Waals surface area (Å²) in [6.45, 7) is 3.80. The Bertz CT molecular complexity index is 575. The van der Waals surface area contributed by atoms with E-state index in [1.54, 1.807) is 12.2 Å². The zero-order valence-corrected chi connectivity index (χ0v) is 18.8. The fraction of sp³-hybridized carbons (Fsp3) is 0.214. The van der Waals surface area contributed by atoms with Crippen LogP contribution in [0.25, 0.3) is 11.1 Å². The molecule has 0 unspecified atom stereocenters. The third-order valence-electron chi connectivity index (χ3n) is 1.81. The Morgan fingerprint density at radius 1 is 1.33 bits per heavy atom. The van der Waals surface area contributed by atoms with E-state index in [1.807, 2.05) is 28.7 Å². The molecular formula is C14H25N8W2-. The average Bonchev–Trinajstić information content (AvgIpc) is 2.80. The second kappa shape index (κ2) is 17.7. The second-order valence-electron chi connectivity index (χ2n) is 3.75. The second-order valence-corrected chi connectivity index (χ2v) is 5.71. The van der Waals surface area contributed by atoms with Crippen LogP contribution in [0, 0.1) is 19.3 Å². The number of nitrogens with zero attached hydrogens (tertiary/aromatic N) is 3. The van der Waals surface area contributed by atoms with Crippen molar-refractivity contribution < 1.29 is 44.1 Å². The van der Waals surface area contributed by atoms with Crippen molar-refractivity contribution in [3.05, 3.63) is 53.1 Å². The predicted octanol–water partition coefficient (Wildman–Crippen LogP) is 0.0755. The molecule has 0 spiro atoms. The van der Waals surface area contributed by atoms with Gasteiger partial charge < -0.3 is 0 Å². The first-order valence-electron chi connectivity index (χ1n) is 6.14. The number of aryl methyl sites for hydroxylation is 2. The van der Waals surface area contributed by atoms with Crippen LogP contribution in [-0.4, -0.2) is 30.5 Å². The van der Waals surface area contributed by atoms with Crippen molar-refractivity contribution in [1.82, 2.24) is 9.78 Å². The summed E-state index contributed by atoms with van der Waals surface area (Å²) in [5, 5.41) is 19.5. The third-order valence-corrected chi connectivity index (χ3v) is 2.94. The van der Waals surface area contributed by atoms with Gasteiger partial charge in [0.2, 0.25) is 0 Å². The molecule has 8 N–H and O–H groups in total. The minimum atomic E-state index is -0.155. The first-order chi connectivity index (χ1) is 10.8. The number of nitrogens with two attached hydrogens (primary N) is 3. The molecule has 0 bridgehead atoms. The summed E-state index contributed by atoms with van der Waals surface area (Å²) in [7, 11) is 0. The maximum atomic E-state index is 6.63. The van der Waals surface area contributed by atoms with Crippen molar-refractivity contribution in [1.29, 1.82) is 5.41 Å². The van der Waals surface area contributed by atoms with Crippen LogP contribution >= 0.6 is 0 Å². The minimum absolute atomic E-state index is 0. The van der Waals surface area contributed by atoms with Crippen LogP contribution in [0.15, 0.2) is 30.6 Å². The molecule has 134 valence electrons. The van der Waals surface area contributed by atoms with Crippen LogP contribution in [0.4, 0.5) is 0 Å². The Morgan fingerprint density at radius 3 is 2.08 bits per heavy atom. The van der Waals surface area contributed by atoms with E-state index in [1.165, 1.54) is 55.8 Å². The number of rotatable bonds is 3. The number of allylic oxidation sites excluding steroid dienone is 2. The molecule has 24 heavy (non-hydrogen) atoms. The molecule has 0 aliphatic carbocycles. The molecule has 1 aromatic rings. The van der Waals surface area contributed by atoms with Crippen LogP contribution in [0.3, 0.4) is 0 Å². The summed E-state index contributed by atoms with van der Waals surface area (Å²) in [5.74, 6) is 0.0590. The maximum absolute atomic E-state index is 6.63. The fourth-order valence-corrected chi connectivity index (χ4v) is 1.62. The van der Waals surface area contributed by atoms with E-state index in [4.69, 9.17) is 28.0 Å². The summed E-state index contributed by atoms with van der Waals surface area (Å²) in [4.78, 5) is 0. The van der Waals surface area contributed by atoms with Crippen molar-refractivity contribution in [2.45, 2.75) is 21.3 Å². The molecule has 8 nitrogen and oxygen atoms in total. The van der Waals surface area contributed by atoms with Crippen molar-refractivity contribution in [2.24, 2.45) is 11.5 Å². The van der Waals surface area contributed by atoms with E-state index >= 15 is 0 Å². The van der Waals surface area contributed by atoms with Gasteiger partial charge in [-0.05, 0) is 19.9 Å². The van der Waals surface area contributed by atoms with Gasteiger partial charge in [0.05, 0.1) is 5.69 Å². The number of hydrogen-bond acceptors (Lipinski definition) is 2.